The van der Waals surface area contributed by atoms with Crippen LogP contribution >= 0.6 is 0 Å². The molecule has 1 atom stereocenters. The van der Waals surface area contributed by atoms with Crippen molar-refractivity contribution in [1.29, 1.82) is 0 Å². The second kappa shape index (κ2) is 4.78. The quantitative estimate of drug-likeness (QED) is 0.820. The van der Waals surface area contributed by atoms with Crippen molar-refractivity contribution in [3.05, 3.63) is 12.5 Å². The van der Waals surface area contributed by atoms with Gasteiger partial charge in [-0.2, -0.15) is 4.31 Å². The molecule has 2 heterocycles. The van der Waals surface area contributed by atoms with Gasteiger partial charge in [-0.1, -0.05) is 6.92 Å². The van der Waals surface area contributed by atoms with Gasteiger partial charge in [-0.3, -0.25) is 0 Å². The van der Waals surface area contributed by atoms with Crippen molar-refractivity contribution in [3.63, 3.8) is 0 Å². The summed E-state index contributed by atoms with van der Waals surface area (Å²) >= 11 is 0. The molecule has 96 valence electrons. The first-order valence-corrected chi connectivity index (χ1v) is 7.50. The standard InChI is InChI=1S/C11H19N3O2S/c1-3-13-8-11(12-9-13)17(15,16)14-6-4-5-10(2)7-14/h8-10H,3-7H2,1-2H3. The van der Waals surface area contributed by atoms with E-state index in [9.17, 15) is 8.42 Å². The van der Waals surface area contributed by atoms with E-state index in [4.69, 9.17) is 0 Å². The SMILES string of the molecule is CCn1cnc(S(=O)(=O)N2CCCC(C)C2)c1. The molecular formula is C11H19N3O2S. The molecule has 1 aliphatic heterocycles. The molecule has 0 amide bonds. The van der Waals surface area contributed by atoms with Crippen molar-refractivity contribution in [1.82, 2.24) is 13.9 Å². The highest BCUT2D eigenvalue weighted by Crippen LogP contribution is 2.22. The number of hydrogen-bond acceptors (Lipinski definition) is 3. The third-order valence-corrected chi connectivity index (χ3v) is 4.95. The Balaban J connectivity index is 2.23. The van der Waals surface area contributed by atoms with Crippen LogP contribution in [-0.4, -0.2) is 35.4 Å². The summed E-state index contributed by atoms with van der Waals surface area (Å²) in [6, 6.07) is 0. The number of piperidine rings is 1. The van der Waals surface area contributed by atoms with Gasteiger partial charge in [0.15, 0.2) is 5.03 Å². The van der Waals surface area contributed by atoms with Crippen LogP contribution in [-0.2, 0) is 16.6 Å². The number of sulfonamides is 1. The van der Waals surface area contributed by atoms with E-state index in [1.807, 2.05) is 6.92 Å². The highest BCUT2D eigenvalue weighted by molar-refractivity contribution is 7.89. The van der Waals surface area contributed by atoms with Crippen LogP contribution in [0.15, 0.2) is 17.6 Å². The Bertz CT molecular complexity index is 481. The average Bonchev–Trinajstić information content (AvgIpc) is 2.78. The van der Waals surface area contributed by atoms with Crippen LogP contribution in [0, 0.1) is 5.92 Å². The second-order valence-corrected chi connectivity index (χ2v) is 6.54. The highest BCUT2D eigenvalue weighted by atomic mass is 32.2. The molecule has 0 saturated carbocycles. The first-order valence-electron chi connectivity index (χ1n) is 6.06. The molecule has 1 saturated heterocycles. The molecule has 0 bridgehead atoms. The molecule has 1 unspecified atom stereocenters. The molecule has 0 aromatic carbocycles. The van der Waals surface area contributed by atoms with Crippen molar-refractivity contribution >= 4 is 10.0 Å². The summed E-state index contributed by atoms with van der Waals surface area (Å²) in [5.74, 6) is 0.437. The minimum Gasteiger partial charge on any atom is -0.336 e. The van der Waals surface area contributed by atoms with Gasteiger partial charge in [-0.15, -0.1) is 0 Å². The molecule has 1 fully saturated rings. The van der Waals surface area contributed by atoms with Crippen LogP contribution in [0.3, 0.4) is 0 Å². The predicted molar refractivity (Wildman–Crippen MR) is 65.1 cm³/mol. The lowest BCUT2D eigenvalue weighted by molar-refractivity contribution is 0.280. The second-order valence-electron chi connectivity index (χ2n) is 4.65. The summed E-state index contributed by atoms with van der Waals surface area (Å²) < 4.78 is 28.0. The molecule has 17 heavy (non-hydrogen) atoms. The van der Waals surface area contributed by atoms with Gasteiger partial charge in [-0.05, 0) is 25.7 Å². The van der Waals surface area contributed by atoms with E-state index in [-0.39, 0.29) is 5.03 Å². The lowest BCUT2D eigenvalue weighted by Gasteiger charge is -2.29. The number of rotatable bonds is 3. The molecule has 0 spiro atoms. The topological polar surface area (TPSA) is 55.2 Å². The van der Waals surface area contributed by atoms with Gasteiger partial charge in [0.2, 0.25) is 0 Å². The summed E-state index contributed by atoms with van der Waals surface area (Å²) in [6.45, 7) is 6.01. The van der Waals surface area contributed by atoms with Crippen LogP contribution in [0.25, 0.3) is 0 Å². The van der Waals surface area contributed by atoms with Crippen LogP contribution in [0.5, 0.6) is 0 Å². The number of aryl methyl sites for hydroxylation is 1. The molecule has 1 aromatic rings. The van der Waals surface area contributed by atoms with Crippen LogP contribution < -0.4 is 0 Å². The van der Waals surface area contributed by atoms with Gasteiger partial charge in [0.05, 0.1) is 6.33 Å². The van der Waals surface area contributed by atoms with Crippen molar-refractivity contribution < 1.29 is 8.42 Å². The fourth-order valence-electron chi connectivity index (χ4n) is 2.14. The zero-order chi connectivity index (χ0) is 12.5. The Morgan fingerprint density at radius 2 is 2.29 bits per heavy atom. The monoisotopic (exact) mass is 257 g/mol. The van der Waals surface area contributed by atoms with Crippen molar-refractivity contribution in [3.8, 4) is 0 Å². The van der Waals surface area contributed by atoms with Gasteiger partial charge < -0.3 is 4.57 Å². The molecule has 5 nitrogen and oxygen atoms in total. The van der Waals surface area contributed by atoms with Crippen molar-refractivity contribution in [2.24, 2.45) is 5.92 Å². The Kier molecular flexibility index (Phi) is 3.53. The molecule has 1 aliphatic rings. The van der Waals surface area contributed by atoms with Crippen LogP contribution in [0.4, 0.5) is 0 Å². The van der Waals surface area contributed by atoms with Gasteiger partial charge >= 0.3 is 0 Å². The lowest BCUT2D eigenvalue weighted by atomic mass is 10.0. The van der Waals surface area contributed by atoms with E-state index < -0.39 is 10.0 Å². The molecule has 0 N–H and O–H groups in total. The summed E-state index contributed by atoms with van der Waals surface area (Å²) in [7, 11) is -3.38. The molecular weight excluding hydrogens is 238 g/mol. The maximum atomic E-state index is 12.3. The molecule has 2 rings (SSSR count). The fraction of sp³-hybridized carbons (Fsp3) is 0.727. The summed E-state index contributed by atoms with van der Waals surface area (Å²) in [6.07, 6.45) is 5.22. The maximum absolute atomic E-state index is 12.3. The average molecular weight is 257 g/mol. The zero-order valence-electron chi connectivity index (χ0n) is 10.3. The van der Waals surface area contributed by atoms with E-state index in [0.29, 0.717) is 19.0 Å². The third kappa shape index (κ3) is 2.52. The number of nitrogens with zero attached hydrogens (tertiary/aromatic N) is 3. The summed E-state index contributed by atoms with van der Waals surface area (Å²) in [5.41, 5.74) is 0. The summed E-state index contributed by atoms with van der Waals surface area (Å²) in [4.78, 5) is 3.99. The van der Waals surface area contributed by atoms with E-state index in [1.54, 1.807) is 21.4 Å². The zero-order valence-corrected chi connectivity index (χ0v) is 11.2. The van der Waals surface area contributed by atoms with E-state index in [1.165, 1.54) is 0 Å². The Labute approximate surface area is 103 Å². The van der Waals surface area contributed by atoms with Gasteiger partial charge in [-0.25, -0.2) is 13.4 Å². The number of aromatic nitrogens is 2. The minimum atomic E-state index is -3.38. The highest BCUT2D eigenvalue weighted by Gasteiger charge is 2.30. The number of hydrogen-bond donors (Lipinski definition) is 0. The smallest absolute Gasteiger partial charge is 0.262 e. The normalized spacial score (nSPS) is 22.8. The molecule has 0 radical (unpaired) electrons. The number of imidazole rings is 1. The van der Waals surface area contributed by atoms with E-state index >= 15 is 0 Å². The molecule has 1 aromatic heterocycles. The van der Waals surface area contributed by atoms with Crippen LogP contribution in [0.1, 0.15) is 26.7 Å². The van der Waals surface area contributed by atoms with Gasteiger partial charge in [0.1, 0.15) is 0 Å². The predicted octanol–water partition coefficient (Wildman–Crippen LogP) is 1.32. The van der Waals surface area contributed by atoms with Crippen molar-refractivity contribution in [2.75, 3.05) is 13.1 Å². The lowest BCUT2D eigenvalue weighted by Crippen LogP contribution is -2.39. The van der Waals surface area contributed by atoms with Crippen LogP contribution in [0.2, 0.25) is 0 Å². The first-order chi connectivity index (χ1) is 8.04. The van der Waals surface area contributed by atoms with Crippen molar-refractivity contribution in [2.45, 2.75) is 38.3 Å². The van der Waals surface area contributed by atoms with Gasteiger partial charge in [0, 0.05) is 25.8 Å². The Hall–Kier alpha value is -0.880. The third-order valence-electron chi connectivity index (χ3n) is 3.20. The Morgan fingerprint density at radius 3 is 2.88 bits per heavy atom. The molecule has 6 heteroatoms. The maximum Gasteiger partial charge on any atom is 0.262 e. The minimum absolute atomic E-state index is 0.174. The largest absolute Gasteiger partial charge is 0.336 e. The first kappa shape index (κ1) is 12.6. The van der Waals surface area contributed by atoms with E-state index in [0.717, 1.165) is 19.4 Å². The van der Waals surface area contributed by atoms with Gasteiger partial charge in [0.25, 0.3) is 10.0 Å². The molecule has 0 aliphatic carbocycles. The Morgan fingerprint density at radius 1 is 1.53 bits per heavy atom. The van der Waals surface area contributed by atoms with E-state index in [2.05, 4.69) is 11.9 Å². The fourth-order valence-corrected chi connectivity index (χ4v) is 3.68. The summed E-state index contributed by atoms with van der Waals surface area (Å²) in [5, 5.41) is 0.174.